The van der Waals surface area contributed by atoms with E-state index in [9.17, 15) is 0 Å². The summed E-state index contributed by atoms with van der Waals surface area (Å²) in [4.78, 5) is 0. The van der Waals surface area contributed by atoms with Gasteiger partial charge in [0.2, 0.25) is 16.9 Å². The zero-order valence-corrected chi connectivity index (χ0v) is 13.4. The first kappa shape index (κ1) is 14.7. The predicted octanol–water partition coefficient (Wildman–Crippen LogP) is 2.90. The van der Waals surface area contributed by atoms with Gasteiger partial charge in [0.05, 0.1) is 5.25 Å². The van der Waals surface area contributed by atoms with Crippen molar-refractivity contribution in [2.75, 3.05) is 0 Å². The van der Waals surface area contributed by atoms with E-state index in [4.69, 9.17) is 4.42 Å². The molecule has 0 saturated carbocycles. The lowest BCUT2D eigenvalue weighted by atomic mass is 10.1. The van der Waals surface area contributed by atoms with Crippen LogP contribution in [0.3, 0.4) is 0 Å². The van der Waals surface area contributed by atoms with Gasteiger partial charge in [0.25, 0.3) is 0 Å². The second kappa shape index (κ2) is 6.27. The van der Waals surface area contributed by atoms with E-state index in [1.807, 2.05) is 45.0 Å². The number of hydrogen-bond donors (Lipinski definition) is 0. The second-order valence-corrected chi connectivity index (χ2v) is 6.16. The van der Waals surface area contributed by atoms with Gasteiger partial charge in [0.15, 0.2) is 0 Å². The number of rotatable bonds is 5. The highest BCUT2D eigenvalue weighted by atomic mass is 32.2. The summed E-state index contributed by atoms with van der Waals surface area (Å²) in [6.07, 6.45) is 0. The van der Waals surface area contributed by atoms with Gasteiger partial charge in [0, 0.05) is 12.1 Å². The molecule has 22 heavy (non-hydrogen) atoms. The van der Waals surface area contributed by atoms with Crippen LogP contribution in [0.25, 0.3) is 11.5 Å². The van der Waals surface area contributed by atoms with E-state index >= 15 is 0 Å². The Bertz CT molecular complexity index is 751. The Morgan fingerprint density at radius 2 is 1.95 bits per heavy atom. The second-order valence-electron chi connectivity index (χ2n) is 4.85. The molecule has 0 bridgehead atoms. The maximum atomic E-state index is 5.77. The number of nitrogens with zero attached hydrogens (tertiary/aromatic N) is 6. The van der Waals surface area contributed by atoms with Gasteiger partial charge in [-0.3, -0.25) is 0 Å². The highest BCUT2D eigenvalue weighted by molar-refractivity contribution is 7.99. The summed E-state index contributed by atoms with van der Waals surface area (Å²) in [7, 11) is 0. The highest BCUT2D eigenvalue weighted by Crippen LogP contribution is 2.33. The molecule has 0 aliphatic carbocycles. The van der Waals surface area contributed by atoms with Gasteiger partial charge < -0.3 is 4.42 Å². The zero-order valence-electron chi connectivity index (χ0n) is 12.6. The van der Waals surface area contributed by atoms with Crippen molar-refractivity contribution in [2.24, 2.45) is 0 Å². The lowest BCUT2D eigenvalue weighted by Gasteiger charge is -2.05. The normalized spacial score (nSPS) is 12.5. The summed E-state index contributed by atoms with van der Waals surface area (Å²) < 4.78 is 7.51. The minimum atomic E-state index is -0.0250. The van der Waals surface area contributed by atoms with E-state index in [0.717, 1.165) is 17.3 Å². The van der Waals surface area contributed by atoms with Gasteiger partial charge in [-0.25, -0.2) is 4.68 Å². The fourth-order valence-electron chi connectivity index (χ4n) is 1.90. The molecule has 3 rings (SSSR count). The topological polar surface area (TPSA) is 82.5 Å². The Kier molecular flexibility index (Phi) is 4.19. The van der Waals surface area contributed by atoms with Gasteiger partial charge in [-0.2, -0.15) is 0 Å². The molecule has 0 radical (unpaired) electrons. The third-order valence-electron chi connectivity index (χ3n) is 3.17. The molecular weight excluding hydrogens is 300 g/mol. The summed E-state index contributed by atoms with van der Waals surface area (Å²) in [5, 5.41) is 20.6. The van der Waals surface area contributed by atoms with Crippen molar-refractivity contribution in [1.29, 1.82) is 0 Å². The summed E-state index contributed by atoms with van der Waals surface area (Å²) >= 11 is 1.50. The van der Waals surface area contributed by atoms with E-state index in [2.05, 4.69) is 25.7 Å². The van der Waals surface area contributed by atoms with E-state index in [0.29, 0.717) is 11.8 Å². The standard InChI is InChI=1S/C14H16N6OS/c1-4-20-14(17-18-19-20)22-10(3)12-15-16-13(21-12)11-7-5-9(2)6-8-11/h5-8,10H,4H2,1-3H3/t10-/m0/s1. The van der Waals surface area contributed by atoms with Crippen LogP contribution in [0.5, 0.6) is 0 Å². The van der Waals surface area contributed by atoms with Crippen LogP contribution in [0.4, 0.5) is 0 Å². The van der Waals surface area contributed by atoms with Crippen LogP contribution in [-0.4, -0.2) is 30.4 Å². The number of aryl methyl sites for hydroxylation is 2. The van der Waals surface area contributed by atoms with Crippen molar-refractivity contribution in [3.63, 3.8) is 0 Å². The Morgan fingerprint density at radius 3 is 2.68 bits per heavy atom. The molecule has 7 nitrogen and oxygen atoms in total. The molecule has 1 aromatic carbocycles. The molecule has 0 spiro atoms. The summed E-state index contributed by atoms with van der Waals surface area (Å²) in [5.41, 5.74) is 2.11. The van der Waals surface area contributed by atoms with Crippen molar-refractivity contribution in [1.82, 2.24) is 30.4 Å². The summed E-state index contributed by atoms with van der Waals surface area (Å²) in [5.74, 6) is 1.09. The first-order chi connectivity index (χ1) is 10.7. The number of aromatic nitrogens is 6. The number of benzene rings is 1. The molecule has 8 heteroatoms. The molecular formula is C14H16N6OS. The average Bonchev–Trinajstić information content (AvgIpc) is 3.16. The third kappa shape index (κ3) is 3.01. The SMILES string of the molecule is CCn1nnnc1S[C@@H](C)c1nnc(-c2ccc(C)cc2)o1. The van der Waals surface area contributed by atoms with Crippen molar-refractivity contribution < 1.29 is 4.42 Å². The number of thioether (sulfide) groups is 1. The Hall–Kier alpha value is -2.22. The molecule has 0 unspecified atom stereocenters. The van der Waals surface area contributed by atoms with Gasteiger partial charge in [0.1, 0.15) is 0 Å². The minimum absolute atomic E-state index is 0.0250. The van der Waals surface area contributed by atoms with Crippen molar-refractivity contribution in [3.05, 3.63) is 35.7 Å². The average molecular weight is 316 g/mol. The van der Waals surface area contributed by atoms with E-state index in [1.165, 1.54) is 17.3 Å². The van der Waals surface area contributed by atoms with E-state index < -0.39 is 0 Å². The molecule has 0 aliphatic rings. The number of tetrazole rings is 1. The van der Waals surface area contributed by atoms with Crippen LogP contribution in [-0.2, 0) is 6.54 Å². The molecule has 0 saturated heterocycles. The first-order valence-electron chi connectivity index (χ1n) is 7.00. The fourth-order valence-corrected chi connectivity index (χ4v) is 2.78. The van der Waals surface area contributed by atoms with Crippen molar-refractivity contribution >= 4 is 11.8 Å². The lowest BCUT2D eigenvalue weighted by Crippen LogP contribution is -2.00. The zero-order chi connectivity index (χ0) is 15.5. The Balaban J connectivity index is 1.77. The largest absolute Gasteiger partial charge is 0.419 e. The Morgan fingerprint density at radius 1 is 1.18 bits per heavy atom. The van der Waals surface area contributed by atoms with Crippen LogP contribution < -0.4 is 0 Å². The molecule has 1 atom stereocenters. The van der Waals surface area contributed by atoms with Gasteiger partial charge in [-0.05, 0) is 43.3 Å². The predicted molar refractivity (Wildman–Crippen MR) is 82.2 cm³/mol. The van der Waals surface area contributed by atoms with Crippen molar-refractivity contribution in [3.8, 4) is 11.5 Å². The van der Waals surface area contributed by atoms with Crippen LogP contribution in [0.2, 0.25) is 0 Å². The fraction of sp³-hybridized carbons (Fsp3) is 0.357. The maximum Gasteiger partial charge on any atom is 0.247 e. The molecule has 0 N–H and O–H groups in total. The third-order valence-corrected chi connectivity index (χ3v) is 4.23. The monoisotopic (exact) mass is 316 g/mol. The highest BCUT2D eigenvalue weighted by Gasteiger charge is 2.19. The molecule has 0 amide bonds. The molecule has 2 aromatic heterocycles. The molecule has 0 fully saturated rings. The minimum Gasteiger partial charge on any atom is -0.419 e. The summed E-state index contributed by atoms with van der Waals surface area (Å²) in [6, 6.07) is 7.99. The van der Waals surface area contributed by atoms with E-state index in [1.54, 1.807) is 4.68 Å². The van der Waals surface area contributed by atoms with E-state index in [-0.39, 0.29) is 5.25 Å². The molecule has 3 aromatic rings. The first-order valence-corrected chi connectivity index (χ1v) is 7.88. The van der Waals surface area contributed by atoms with Crippen LogP contribution in [0.15, 0.2) is 33.8 Å². The lowest BCUT2D eigenvalue weighted by molar-refractivity contribution is 0.508. The summed E-state index contributed by atoms with van der Waals surface area (Å²) in [6.45, 7) is 6.75. The number of hydrogen-bond acceptors (Lipinski definition) is 7. The van der Waals surface area contributed by atoms with Crippen LogP contribution >= 0.6 is 11.8 Å². The molecule has 0 aliphatic heterocycles. The molecule has 114 valence electrons. The van der Waals surface area contributed by atoms with Crippen molar-refractivity contribution in [2.45, 2.75) is 37.7 Å². The van der Waals surface area contributed by atoms with Gasteiger partial charge in [-0.1, -0.05) is 29.5 Å². The van der Waals surface area contributed by atoms with Crippen LogP contribution in [0, 0.1) is 6.92 Å². The van der Waals surface area contributed by atoms with Crippen LogP contribution in [0.1, 0.15) is 30.6 Å². The smallest absolute Gasteiger partial charge is 0.247 e. The Labute approximate surface area is 132 Å². The molecule has 2 heterocycles. The quantitative estimate of drug-likeness (QED) is 0.669. The van der Waals surface area contributed by atoms with Gasteiger partial charge in [-0.15, -0.1) is 15.3 Å². The maximum absolute atomic E-state index is 5.77. The van der Waals surface area contributed by atoms with Gasteiger partial charge >= 0.3 is 0 Å².